The average Bonchev–Trinajstić information content (AvgIpc) is 3.35. The van der Waals surface area contributed by atoms with Crippen molar-refractivity contribution in [3.05, 3.63) is 89.8 Å². The molecule has 0 bridgehead atoms. The molecule has 8 heteroatoms. The van der Waals surface area contributed by atoms with Crippen LogP contribution in [0, 0.1) is 5.92 Å². The van der Waals surface area contributed by atoms with E-state index in [0.717, 1.165) is 47.0 Å². The normalized spacial score (nSPS) is 14.7. The summed E-state index contributed by atoms with van der Waals surface area (Å²) in [6.45, 7) is 2.17. The summed E-state index contributed by atoms with van der Waals surface area (Å²) in [5.74, 6) is 1.15. The second kappa shape index (κ2) is 11.1. The first kappa shape index (κ1) is 23.6. The molecule has 0 unspecified atom stereocenters. The maximum absolute atomic E-state index is 13.0. The molecule has 0 spiro atoms. The molecule has 0 atom stereocenters. The van der Waals surface area contributed by atoms with Crippen LogP contribution in [0.25, 0.3) is 11.4 Å². The summed E-state index contributed by atoms with van der Waals surface area (Å²) in [7, 11) is 0. The minimum Gasteiger partial charge on any atom is -0.338 e. The van der Waals surface area contributed by atoms with Crippen molar-refractivity contribution in [2.45, 2.75) is 29.2 Å². The Hall–Kier alpha value is -3.13. The summed E-state index contributed by atoms with van der Waals surface area (Å²) >= 11 is 7.72. The lowest BCUT2D eigenvalue weighted by molar-refractivity contribution is -0.121. The quantitative estimate of drug-likeness (QED) is 0.314. The lowest BCUT2D eigenvalue weighted by Crippen LogP contribution is -2.37. The Kier molecular flexibility index (Phi) is 7.47. The third-order valence-corrected chi connectivity index (χ3v) is 7.30. The summed E-state index contributed by atoms with van der Waals surface area (Å²) in [6.07, 6.45) is 1.57. The predicted molar refractivity (Wildman–Crippen MR) is 138 cm³/mol. The molecule has 178 valence electrons. The standard InChI is InChI=1S/C27H25ClN4O2S/c28-21-8-6-7-20(17-21)26-30-25(34-31-26)18-32-15-13-19(14-16-32)27(33)29-23-11-4-5-12-24(23)35-22-9-2-1-3-10-22/h1-12,17,19H,13-16,18H2,(H,29,33). The van der Waals surface area contributed by atoms with Gasteiger partial charge in [0.25, 0.3) is 0 Å². The van der Waals surface area contributed by atoms with Gasteiger partial charge in [0.1, 0.15) is 0 Å². The number of hydrogen-bond acceptors (Lipinski definition) is 6. The minimum absolute atomic E-state index is 0.0225. The minimum atomic E-state index is -0.0225. The van der Waals surface area contributed by atoms with Crippen LogP contribution in [0.15, 0.2) is 93.2 Å². The van der Waals surface area contributed by atoms with E-state index in [1.54, 1.807) is 11.8 Å². The van der Waals surface area contributed by atoms with E-state index in [4.69, 9.17) is 16.1 Å². The van der Waals surface area contributed by atoms with E-state index < -0.39 is 0 Å². The van der Waals surface area contributed by atoms with Gasteiger partial charge in [-0.2, -0.15) is 4.98 Å². The van der Waals surface area contributed by atoms with Gasteiger partial charge in [0.15, 0.2) is 0 Å². The molecule has 1 amide bonds. The van der Waals surface area contributed by atoms with Gasteiger partial charge in [0, 0.05) is 26.3 Å². The Morgan fingerprint density at radius 2 is 1.80 bits per heavy atom. The van der Waals surface area contributed by atoms with Crippen molar-refractivity contribution >= 4 is 35.0 Å². The molecule has 4 aromatic rings. The highest BCUT2D eigenvalue weighted by atomic mass is 35.5. The highest BCUT2D eigenvalue weighted by molar-refractivity contribution is 7.99. The van der Waals surface area contributed by atoms with Crippen LogP contribution in [0.2, 0.25) is 5.02 Å². The molecule has 35 heavy (non-hydrogen) atoms. The first-order valence-corrected chi connectivity index (χ1v) is 12.8. The summed E-state index contributed by atoms with van der Waals surface area (Å²) in [6, 6.07) is 25.5. The van der Waals surface area contributed by atoms with Gasteiger partial charge >= 0.3 is 0 Å². The van der Waals surface area contributed by atoms with Crippen LogP contribution >= 0.6 is 23.4 Å². The summed E-state index contributed by atoms with van der Waals surface area (Å²) in [4.78, 5) is 22.0. The fraction of sp³-hybridized carbons (Fsp3) is 0.222. The third kappa shape index (κ3) is 6.11. The molecular formula is C27H25ClN4O2S. The molecule has 1 aliphatic rings. The van der Waals surface area contributed by atoms with Crippen molar-refractivity contribution in [2.75, 3.05) is 18.4 Å². The second-order valence-corrected chi connectivity index (χ2v) is 10.0. The fourth-order valence-corrected chi connectivity index (χ4v) is 5.23. The molecule has 3 aromatic carbocycles. The number of anilines is 1. The highest BCUT2D eigenvalue weighted by Crippen LogP contribution is 2.34. The van der Waals surface area contributed by atoms with Crippen molar-refractivity contribution in [3.8, 4) is 11.4 Å². The Morgan fingerprint density at radius 1 is 1.03 bits per heavy atom. The SMILES string of the molecule is O=C(Nc1ccccc1Sc1ccccc1)C1CCN(Cc2nc(-c3cccc(Cl)c3)no2)CC1. The van der Waals surface area contributed by atoms with Crippen LogP contribution in [0.5, 0.6) is 0 Å². The lowest BCUT2D eigenvalue weighted by atomic mass is 9.96. The molecular weight excluding hydrogens is 480 g/mol. The Bertz CT molecular complexity index is 1290. The Morgan fingerprint density at radius 3 is 2.60 bits per heavy atom. The topological polar surface area (TPSA) is 71.3 Å². The molecule has 0 radical (unpaired) electrons. The van der Waals surface area contributed by atoms with Gasteiger partial charge in [0.05, 0.1) is 12.2 Å². The van der Waals surface area contributed by atoms with Gasteiger partial charge < -0.3 is 9.84 Å². The smallest absolute Gasteiger partial charge is 0.241 e. The number of rotatable bonds is 7. The summed E-state index contributed by atoms with van der Waals surface area (Å²) in [5, 5.41) is 7.88. The van der Waals surface area contributed by atoms with Gasteiger partial charge in [-0.3, -0.25) is 9.69 Å². The van der Waals surface area contributed by atoms with Crippen molar-refractivity contribution in [1.82, 2.24) is 15.0 Å². The third-order valence-electron chi connectivity index (χ3n) is 5.98. The van der Waals surface area contributed by atoms with E-state index in [2.05, 4.69) is 32.5 Å². The van der Waals surface area contributed by atoms with Crippen molar-refractivity contribution in [1.29, 1.82) is 0 Å². The predicted octanol–water partition coefficient (Wildman–Crippen LogP) is 6.39. The number of hydrogen-bond donors (Lipinski definition) is 1. The van der Waals surface area contributed by atoms with Gasteiger partial charge in [-0.15, -0.1) is 0 Å². The fourth-order valence-electron chi connectivity index (χ4n) is 4.12. The lowest BCUT2D eigenvalue weighted by Gasteiger charge is -2.30. The van der Waals surface area contributed by atoms with Crippen LogP contribution in [0.3, 0.4) is 0 Å². The molecule has 1 N–H and O–H groups in total. The monoisotopic (exact) mass is 504 g/mol. The van der Waals surface area contributed by atoms with E-state index in [1.807, 2.05) is 66.7 Å². The Labute approximate surface area is 213 Å². The molecule has 1 saturated heterocycles. The van der Waals surface area contributed by atoms with Gasteiger partial charge in [0.2, 0.25) is 17.6 Å². The number of halogens is 1. The number of carbonyl (C=O) groups is 1. The van der Waals surface area contributed by atoms with Gasteiger partial charge in [-0.25, -0.2) is 0 Å². The summed E-state index contributed by atoms with van der Waals surface area (Å²) < 4.78 is 5.45. The zero-order valence-electron chi connectivity index (χ0n) is 19.1. The van der Waals surface area contributed by atoms with E-state index in [9.17, 15) is 4.79 Å². The molecule has 1 aliphatic heterocycles. The number of nitrogens with zero attached hydrogens (tertiary/aromatic N) is 3. The first-order valence-electron chi connectivity index (χ1n) is 11.6. The van der Waals surface area contributed by atoms with Crippen molar-refractivity contribution in [2.24, 2.45) is 5.92 Å². The number of piperidine rings is 1. The summed E-state index contributed by atoms with van der Waals surface area (Å²) in [5.41, 5.74) is 1.68. The molecule has 0 saturated carbocycles. The molecule has 1 aromatic heterocycles. The van der Waals surface area contributed by atoms with Crippen LogP contribution in [0.1, 0.15) is 18.7 Å². The Balaban J connectivity index is 1.15. The average molecular weight is 505 g/mol. The van der Waals surface area contributed by atoms with Gasteiger partial charge in [-0.05, 0) is 62.3 Å². The number of benzene rings is 3. The van der Waals surface area contributed by atoms with Crippen molar-refractivity contribution in [3.63, 3.8) is 0 Å². The number of likely N-dealkylation sites (tertiary alicyclic amines) is 1. The zero-order chi connectivity index (χ0) is 24.0. The van der Waals surface area contributed by atoms with E-state index in [-0.39, 0.29) is 11.8 Å². The molecule has 2 heterocycles. The number of aromatic nitrogens is 2. The maximum Gasteiger partial charge on any atom is 0.241 e. The first-order chi connectivity index (χ1) is 17.1. The van der Waals surface area contributed by atoms with Crippen LogP contribution in [-0.4, -0.2) is 34.0 Å². The number of amides is 1. The largest absolute Gasteiger partial charge is 0.338 e. The molecule has 0 aliphatic carbocycles. The zero-order valence-corrected chi connectivity index (χ0v) is 20.6. The van der Waals surface area contributed by atoms with Crippen molar-refractivity contribution < 1.29 is 9.32 Å². The molecule has 5 rings (SSSR count). The maximum atomic E-state index is 13.0. The van der Waals surface area contributed by atoms with Gasteiger partial charge in [-0.1, -0.05) is 71.0 Å². The van der Waals surface area contributed by atoms with Crippen LogP contribution in [-0.2, 0) is 11.3 Å². The number of carbonyl (C=O) groups excluding carboxylic acids is 1. The molecule has 6 nitrogen and oxygen atoms in total. The highest BCUT2D eigenvalue weighted by Gasteiger charge is 2.26. The molecule has 1 fully saturated rings. The van der Waals surface area contributed by atoms with Crippen LogP contribution < -0.4 is 5.32 Å². The van der Waals surface area contributed by atoms with E-state index >= 15 is 0 Å². The number of nitrogens with one attached hydrogen (secondary N) is 1. The second-order valence-electron chi connectivity index (χ2n) is 8.47. The van der Waals surface area contributed by atoms with Crippen LogP contribution in [0.4, 0.5) is 5.69 Å². The van der Waals surface area contributed by atoms with E-state index in [0.29, 0.717) is 23.3 Å². The van der Waals surface area contributed by atoms with E-state index in [1.165, 1.54) is 0 Å². The number of para-hydroxylation sites is 1.